The average Bonchev–Trinajstić information content (AvgIpc) is 2.86. The first-order valence-electron chi connectivity index (χ1n) is 6.95. The number of nitrogens with one attached hydrogen (secondary N) is 1. The van der Waals surface area contributed by atoms with E-state index in [2.05, 4.69) is 22.3 Å². The summed E-state index contributed by atoms with van der Waals surface area (Å²) in [4.78, 5) is 14.5. The summed E-state index contributed by atoms with van der Waals surface area (Å²) in [6.45, 7) is 2.57. The quantitative estimate of drug-likeness (QED) is 0.897. The highest BCUT2D eigenvalue weighted by atomic mass is 16.5. The topological polar surface area (TPSA) is 41.6 Å². The molecule has 4 heteroatoms. The summed E-state index contributed by atoms with van der Waals surface area (Å²) in [5.74, 6) is 1.37. The SMILES string of the molecule is COc1ccc(C2CCCN2C(=O)C2CNC2)cc1. The Balaban J connectivity index is 1.75. The Hall–Kier alpha value is -1.55. The van der Waals surface area contributed by atoms with Crippen molar-refractivity contribution in [3.63, 3.8) is 0 Å². The number of nitrogens with zero attached hydrogens (tertiary/aromatic N) is 1. The van der Waals surface area contributed by atoms with E-state index in [1.807, 2.05) is 12.1 Å². The molecule has 2 aliphatic heterocycles. The first-order valence-corrected chi connectivity index (χ1v) is 6.95. The number of benzene rings is 1. The van der Waals surface area contributed by atoms with Crippen LogP contribution in [0.2, 0.25) is 0 Å². The van der Waals surface area contributed by atoms with Gasteiger partial charge in [0.25, 0.3) is 0 Å². The van der Waals surface area contributed by atoms with Gasteiger partial charge in [-0.1, -0.05) is 12.1 Å². The van der Waals surface area contributed by atoms with Crippen LogP contribution in [0.15, 0.2) is 24.3 Å². The maximum Gasteiger partial charge on any atom is 0.228 e. The van der Waals surface area contributed by atoms with Crippen LogP contribution in [0.4, 0.5) is 0 Å². The van der Waals surface area contributed by atoms with Gasteiger partial charge in [-0.25, -0.2) is 0 Å². The van der Waals surface area contributed by atoms with Gasteiger partial charge in [0.15, 0.2) is 0 Å². The maximum absolute atomic E-state index is 12.4. The zero-order valence-electron chi connectivity index (χ0n) is 11.3. The average molecular weight is 260 g/mol. The van der Waals surface area contributed by atoms with Gasteiger partial charge in [-0.2, -0.15) is 0 Å². The van der Waals surface area contributed by atoms with Crippen LogP contribution in [0.1, 0.15) is 24.4 Å². The van der Waals surface area contributed by atoms with E-state index < -0.39 is 0 Å². The van der Waals surface area contributed by atoms with E-state index in [1.54, 1.807) is 7.11 Å². The molecule has 2 heterocycles. The second-order valence-electron chi connectivity index (χ2n) is 5.32. The number of carbonyl (C=O) groups is 1. The number of hydrogen-bond donors (Lipinski definition) is 1. The van der Waals surface area contributed by atoms with Gasteiger partial charge in [-0.05, 0) is 30.5 Å². The standard InChI is InChI=1S/C15H20N2O2/c1-19-13-6-4-11(5-7-13)14-3-2-8-17(14)15(18)12-9-16-10-12/h4-7,12,14,16H,2-3,8-10H2,1H3. The van der Waals surface area contributed by atoms with E-state index in [1.165, 1.54) is 5.56 Å². The van der Waals surface area contributed by atoms with Crippen LogP contribution in [0.3, 0.4) is 0 Å². The molecule has 1 aromatic carbocycles. The van der Waals surface area contributed by atoms with Crippen LogP contribution < -0.4 is 10.1 Å². The lowest BCUT2D eigenvalue weighted by molar-refractivity contribution is -0.138. The van der Waals surface area contributed by atoms with Gasteiger partial charge < -0.3 is 15.0 Å². The van der Waals surface area contributed by atoms with Crippen LogP contribution in [0.25, 0.3) is 0 Å². The smallest absolute Gasteiger partial charge is 0.228 e. The Bertz CT molecular complexity index is 454. The number of amides is 1. The Morgan fingerprint density at radius 3 is 2.63 bits per heavy atom. The molecule has 2 saturated heterocycles. The molecule has 19 heavy (non-hydrogen) atoms. The number of carbonyl (C=O) groups excluding carboxylic acids is 1. The zero-order chi connectivity index (χ0) is 13.2. The first kappa shape index (κ1) is 12.5. The third-order valence-electron chi connectivity index (χ3n) is 4.17. The molecular formula is C15H20N2O2. The minimum absolute atomic E-state index is 0.193. The van der Waals surface area contributed by atoms with Gasteiger partial charge in [0.1, 0.15) is 5.75 Å². The number of hydrogen-bond acceptors (Lipinski definition) is 3. The van der Waals surface area contributed by atoms with Gasteiger partial charge in [0.2, 0.25) is 5.91 Å². The Morgan fingerprint density at radius 2 is 2.05 bits per heavy atom. The molecule has 1 atom stereocenters. The molecule has 0 aromatic heterocycles. The van der Waals surface area contributed by atoms with E-state index in [4.69, 9.17) is 4.74 Å². The molecule has 1 unspecified atom stereocenters. The molecule has 1 amide bonds. The number of methoxy groups -OCH3 is 1. The van der Waals surface area contributed by atoms with E-state index in [0.29, 0.717) is 5.91 Å². The van der Waals surface area contributed by atoms with Crippen molar-refractivity contribution in [3.05, 3.63) is 29.8 Å². The maximum atomic E-state index is 12.4. The number of ether oxygens (including phenoxy) is 1. The highest BCUT2D eigenvalue weighted by Crippen LogP contribution is 2.34. The third-order valence-corrected chi connectivity index (χ3v) is 4.17. The van der Waals surface area contributed by atoms with Crippen LogP contribution in [-0.2, 0) is 4.79 Å². The molecule has 3 rings (SSSR count). The molecule has 4 nitrogen and oxygen atoms in total. The van der Waals surface area contributed by atoms with Crippen molar-refractivity contribution in [1.29, 1.82) is 0 Å². The van der Waals surface area contributed by atoms with Crippen LogP contribution in [-0.4, -0.2) is 37.6 Å². The van der Waals surface area contributed by atoms with Gasteiger partial charge in [0, 0.05) is 19.6 Å². The van der Waals surface area contributed by atoms with E-state index in [0.717, 1.165) is 38.2 Å². The summed E-state index contributed by atoms with van der Waals surface area (Å²) < 4.78 is 5.18. The molecule has 1 aromatic rings. The Kier molecular flexibility index (Phi) is 3.42. The molecule has 102 valence electrons. The highest BCUT2D eigenvalue weighted by molar-refractivity contribution is 5.81. The van der Waals surface area contributed by atoms with Crippen LogP contribution >= 0.6 is 0 Å². The summed E-state index contributed by atoms with van der Waals surface area (Å²) >= 11 is 0. The second kappa shape index (κ2) is 5.21. The summed E-state index contributed by atoms with van der Waals surface area (Å²) in [6, 6.07) is 8.35. The summed E-state index contributed by atoms with van der Waals surface area (Å²) in [6.07, 6.45) is 2.17. The van der Waals surface area contributed by atoms with Gasteiger partial charge in [-0.15, -0.1) is 0 Å². The second-order valence-corrected chi connectivity index (χ2v) is 5.32. The third kappa shape index (κ3) is 2.32. The summed E-state index contributed by atoms with van der Waals surface area (Å²) in [5, 5.41) is 3.17. The van der Waals surface area contributed by atoms with E-state index in [-0.39, 0.29) is 12.0 Å². The van der Waals surface area contributed by atoms with Crippen molar-refractivity contribution in [1.82, 2.24) is 10.2 Å². The highest BCUT2D eigenvalue weighted by Gasteiger charge is 2.36. The molecule has 0 aliphatic carbocycles. The van der Waals surface area contributed by atoms with Crippen molar-refractivity contribution >= 4 is 5.91 Å². The predicted molar refractivity (Wildman–Crippen MR) is 73.0 cm³/mol. The molecule has 0 radical (unpaired) electrons. The molecule has 0 saturated carbocycles. The van der Waals surface area contributed by atoms with Gasteiger partial charge in [0.05, 0.1) is 19.1 Å². The fourth-order valence-electron chi connectivity index (χ4n) is 2.90. The minimum Gasteiger partial charge on any atom is -0.497 e. The Labute approximate surface area is 113 Å². The van der Waals surface area contributed by atoms with Crippen molar-refractivity contribution in [2.24, 2.45) is 5.92 Å². The lowest BCUT2D eigenvalue weighted by Crippen LogP contribution is -2.51. The normalized spacial score (nSPS) is 23.2. The van der Waals surface area contributed by atoms with Crippen LogP contribution in [0.5, 0.6) is 5.75 Å². The van der Waals surface area contributed by atoms with Crippen LogP contribution in [0, 0.1) is 5.92 Å². The van der Waals surface area contributed by atoms with Crippen molar-refractivity contribution < 1.29 is 9.53 Å². The Morgan fingerprint density at radius 1 is 1.32 bits per heavy atom. The largest absolute Gasteiger partial charge is 0.497 e. The predicted octanol–water partition coefficient (Wildman–Crippen LogP) is 1.58. The molecule has 0 spiro atoms. The molecule has 2 fully saturated rings. The molecular weight excluding hydrogens is 240 g/mol. The fourth-order valence-corrected chi connectivity index (χ4v) is 2.90. The lowest BCUT2D eigenvalue weighted by atomic mass is 9.99. The van der Waals surface area contributed by atoms with Gasteiger partial charge in [-0.3, -0.25) is 4.79 Å². The first-order chi connectivity index (χ1) is 9.29. The van der Waals surface area contributed by atoms with Crippen molar-refractivity contribution in [2.45, 2.75) is 18.9 Å². The van der Waals surface area contributed by atoms with E-state index >= 15 is 0 Å². The minimum atomic E-state index is 0.193. The van der Waals surface area contributed by atoms with Gasteiger partial charge >= 0.3 is 0 Å². The molecule has 1 N–H and O–H groups in total. The fraction of sp³-hybridized carbons (Fsp3) is 0.533. The summed E-state index contributed by atoms with van der Waals surface area (Å²) in [5.41, 5.74) is 1.22. The summed E-state index contributed by atoms with van der Waals surface area (Å²) in [7, 11) is 1.67. The zero-order valence-corrected chi connectivity index (χ0v) is 11.3. The molecule has 0 bridgehead atoms. The van der Waals surface area contributed by atoms with Crippen molar-refractivity contribution in [2.75, 3.05) is 26.7 Å². The van der Waals surface area contributed by atoms with Crippen molar-refractivity contribution in [3.8, 4) is 5.75 Å². The molecule has 2 aliphatic rings. The number of rotatable bonds is 3. The number of likely N-dealkylation sites (tertiary alicyclic amines) is 1. The van der Waals surface area contributed by atoms with E-state index in [9.17, 15) is 4.79 Å². The lowest BCUT2D eigenvalue weighted by Gasteiger charge is -2.33. The monoisotopic (exact) mass is 260 g/mol.